The lowest BCUT2D eigenvalue weighted by Crippen LogP contribution is -2.45. The van der Waals surface area contributed by atoms with Crippen molar-refractivity contribution in [3.05, 3.63) is 54.1 Å². The number of hydrogen-bond acceptors (Lipinski definition) is 4. The van der Waals surface area contributed by atoms with Gasteiger partial charge in [0.2, 0.25) is 15.9 Å². The fourth-order valence-corrected chi connectivity index (χ4v) is 3.72. The quantitative estimate of drug-likeness (QED) is 0.857. The molecule has 1 amide bonds. The number of carbonyl (C=O) groups excluding carboxylic acids is 1. The number of anilines is 2. The summed E-state index contributed by atoms with van der Waals surface area (Å²) in [6.07, 6.45) is 1.08. The minimum atomic E-state index is -3.64. The van der Waals surface area contributed by atoms with Crippen molar-refractivity contribution in [2.75, 3.05) is 23.0 Å². The summed E-state index contributed by atoms with van der Waals surface area (Å²) in [4.78, 5) is 12.7. The number of nitrogens with zero attached hydrogens (tertiary/aromatic N) is 1. The van der Waals surface area contributed by atoms with Gasteiger partial charge in [-0.2, -0.15) is 0 Å². The minimum Gasteiger partial charge on any atom is -0.495 e. The molecule has 0 aliphatic heterocycles. The first kappa shape index (κ1) is 18.8. The van der Waals surface area contributed by atoms with E-state index in [-0.39, 0.29) is 0 Å². The van der Waals surface area contributed by atoms with Crippen LogP contribution in [0.15, 0.2) is 48.5 Å². The Labute approximate surface area is 148 Å². The number of carbonyl (C=O) groups is 1. The zero-order valence-electron chi connectivity index (χ0n) is 14.7. The molecule has 0 unspecified atom stereocenters. The maximum Gasteiger partial charge on any atom is 0.248 e. The predicted octanol–water partition coefficient (Wildman–Crippen LogP) is 2.80. The number of ether oxygens (including phenoxy) is 1. The molecule has 134 valence electrons. The van der Waals surface area contributed by atoms with Gasteiger partial charge in [0, 0.05) is 0 Å². The molecule has 1 N–H and O–H groups in total. The first-order valence-electron chi connectivity index (χ1n) is 7.74. The lowest BCUT2D eigenvalue weighted by molar-refractivity contribution is -0.116. The topological polar surface area (TPSA) is 75.7 Å². The summed E-state index contributed by atoms with van der Waals surface area (Å²) in [5, 5.41) is 2.75. The monoisotopic (exact) mass is 362 g/mol. The molecule has 2 rings (SSSR count). The fraction of sp³-hybridized carbons (Fsp3) is 0.278. The number of hydrogen-bond donors (Lipinski definition) is 1. The Hall–Kier alpha value is -2.54. The maximum absolute atomic E-state index is 12.7. The van der Waals surface area contributed by atoms with Crippen molar-refractivity contribution in [2.45, 2.75) is 19.9 Å². The van der Waals surface area contributed by atoms with Gasteiger partial charge in [-0.25, -0.2) is 8.42 Å². The Morgan fingerprint density at radius 1 is 1.16 bits per heavy atom. The number of para-hydroxylation sites is 1. The van der Waals surface area contributed by atoms with Crippen molar-refractivity contribution in [1.82, 2.24) is 0 Å². The van der Waals surface area contributed by atoms with Crippen LogP contribution >= 0.6 is 0 Å². The molecular formula is C18H22N2O4S. The molecule has 7 heteroatoms. The van der Waals surface area contributed by atoms with Crippen LogP contribution < -0.4 is 14.4 Å². The van der Waals surface area contributed by atoms with E-state index < -0.39 is 22.0 Å². The number of rotatable bonds is 6. The van der Waals surface area contributed by atoms with Crippen molar-refractivity contribution >= 4 is 27.3 Å². The highest BCUT2D eigenvalue weighted by molar-refractivity contribution is 7.92. The van der Waals surface area contributed by atoms with Crippen LogP contribution in [-0.4, -0.2) is 33.7 Å². The molecule has 25 heavy (non-hydrogen) atoms. The standard InChI is InChI=1S/C18H22N2O4S/c1-13-10-11-17(24-3)16(12-13)19-18(21)14(2)20(25(4,22)23)15-8-6-5-7-9-15/h5-12,14H,1-4H3,(H,19,21)/t14-/m0/s1. The Bertz CT molecular complexity index is 851. The summed E-state index contributed by atoms with van der Waals surface area (Å²) in [5.41, 5.74) is 1.89. The summed E-state index contributed by atoms with van der Waals surface area (Å²) in [5.74, 6) is 0.0648. The van der Waals surface area contributed by atoms with Gasteiger partial charge in [-0.1, -0.05) is 24.3 Å². The second-order valence-electron chi connectivity index (χ2n) is 5.76. The van der Waals surface area contributed by atoms with Gasteiger partial charge >= 0.3 is 0 Å². The van der Waals surface area contributed by atoms with Gasteiger partial charge in [0.15, 0.2) is 0 Å². The average molecular weight is 362 g/mol. The molecule has 1 atom stereocenters. The molecule has 0 fully saturated rings. The highest BCUT2D eigenvalue weighted by atomic mass is 32.2. The van der Waals surface area contributed by atoms with E-state index in [9.17, 15) is 13.2 Å². The Kier molecular flexibility index (Phi) is 5.69. The number of methoxy groups -OCH3 is 1. The second kappa shape index (κ2) is 7.57. The predicted molar refractivity (Wildman–Crippen MR) is 99.6 cm³/mol. The van der Waals surface area contributed by atoms with Crippen LogP contribution in [0.2, 0.25) is 0 Å². The lowest BCUT2D eigenvalue weighted by Gasteiger charge is -2.28. The van der Waals surface area contributed by atoms with E-state index in [1.54, 1.807) is 49.4 Å². The summed E-state index contributed by atoms with van der Waals surface area (Å²) in [6, 6.07) is 13.0. The Balaban J connectivity index is 2.33. The maximum atomic E-state index is 12.7. The molecule has 0 aromatic heterocycles. The van der Waals surface area contributed by atoms with Crippen molar-refractivity contribution in [3.8, 4) is 5.75 Å². The molecular weight excluding hydrogens is 340 g/mol. The van der Waals surface area contributed by atoms with Gasteiger partial charge in [0.05, 0.1) is 24.7 Å². The first-order chi connectivity index (χ1) is 11.7. The van der Waals surface area contributed by atoms with Crippen LogP contribution in [0.3, 0.4) is 0 Å². The zero-order chi connectivity index (χ0) is 18.6. The number of nitrogens with one attached hydrogen (secondary N) is 1. The zero-order valence-corrected chi connectivity index (χ0v) is 15.5. The molecule has 0 aliphatic carbocycles. The van der Waals surface area contributed by atoms with Crippen molar-refractivity contribution in [3.63, 3.8) is 0 Å². The number of sulfonamides is 1. The van der Waals surface area contributed by atoms with Gasteiger partial charge in [0.25, 0.3) is 0 Å². The Morgan fingerprint density at radius 3 is 2.36 bits per heavy atom. The van der Waals surface area contributed by atoms with Crippen LogP contribution in [0.25, 0.3) is 0 Å². The highest BCUT2D eigenvalue weighted by Gasteiger charge is 2.29. The SMILES string of the molecule is COc1ccc(C)cc1NC(=O)[C@H](C)N(c1ccccc1)S(C)(=O)=O. The van der Waals surface area contributed by atoms with Gasteiger partial charge < -0.3 is 10.1 Å². The molecule has 0 heterocycles. The van der Waals surface area contributed by atoms with Crippen molar-refractivity contribution in [1.29, 1.82) is 0 Å². The van der Waals surface area contributed by atoms with E-state index in [2.05, 4.69) is 5.32 Å². The number of aryl methyl sites for hydroxylation is 1. The van der Waals surface area contributed by atoms with Gasteiger partial charge in [0.1, 0.15) is 11.8 Å². The van der Waals surface area contributed by atoms with Crippen molar-refractivity contribution < 1.29 is 17.9 Å². The summed E-state index contributed by atoms with van der Waals surface area (Å²) in [6.45, 7) is 3.44. The third-order valence-corrected chi connectivity index (χ3v) is 4.95. The van der Waals surface area contributed by atoms with Crippen LogP contribution in [0.1, 0.15) is 12.5 Å². The van der Waals surface area contributed by atoms with Crippen molar-refractivity contribution in [2.24, 2.45) is 0 Å². The van der Waals surface area contributed by atoms with E-state index in [4.69, 9.17) is 4.74 Å². The minimum absolute atomic E-state index is 0.434. The molecule has 0 aliphatic rings. The molecule has 0 saturated heterocycles. The van der Waals surface area contributed by atoms with Crippen LogP contribution in [0.4, 0.5) is 11.4 Å². The molecule has 0 bridgehead atoms. The lowest BCUT2D eigenvalue weighted by atomic mass is 10.2. The third kappa shape index (κ3) is 4.51. The number of amides is 1. The van der Waals surface area contributed by atoms with Gasteiger partial charge in [-0.15, -0.1) is 0 Å². The first-order valence-corrected chi connectivity index (χ1v) is 9.59. The third-order valence-electron chi connectivity index (χ3n) is 3.71. The summed E-state index contributed by atoms with van der Waals surface area (Å²) >= 11 is 0. The molecule has 6 nitrogen and oxygen atoms in total. The van der Waals surface area contributed by atoms with Crippen LogP contribution in [0.5, 0.6) is 5.75 Å². The molecule has 2 aromatic carbocycles. The highest BCUT2D eigenvalue weighted by Crippen LogP contribution is 2.26. The van der Waals surface area contributed by atoms with Crippen LogP contribution in [-0.2, 0) is 14.8 Å². The van der Waals surface area contributed by atoms with E-state index in [0.717, 1.165) is 16.1 Å². The molecule has 0 radical (unpaired) electrons. The van der Waals surface area contributed by atoms with E-state index in [1.165, 1.54) is 7.11 Å². The normalized spacial score (nSPS) is 12.3. The molecule has 2 aromatic rings. The Morgan fingerprint density at radius 2 is 1.80 bits per heavy atom. The fourth-order valence-electron chi connectivity index (χ4n) is 2.54. The van der Waals surface area contributed by atoms with E-state index in [1.807, 2.05) is 13.0 Å². The van der Waals surface area contributed by atoms with E-state index >= 15 is 0 Å². The largest absolute Gasteiger partial charge is 0.495 e. The summed E-state index contributed by atoms with van der Waals surface area (Å²) < 4.78 is 30.8. The summed E-state index contributed by atoms with van der Waals surface area (Å²) in [7, 11) is -2.13. The molecule has 0 spiro atoms. The van der Waals surface area contributed by atoms with E-state index in [0.29, 0.717) is 17.1 Å². The molecule has 0 saturated carbocycles. The smallest absolute Gasteiger partial charge is 0.248 e. The second-order valence-corrected chi connectivity index (χ2v) is 7.62. The van der Waals surface area contributed by atoms with Crippen LogP contribution in [0, 0.1) is 6.92 Å². The number of benzene rings is 2. The average Bonchev–Trinajstić information content (AvgIpc) is 2.55. The van der Waals surface area contributed by atoms with Gasteiger partial charge in [-0.05, 0) is 43.7 Å². The van der Waals surface area contributed by atoms with Gasteiger partial charge in [-0.3, -0.25) is 9.10 Å².